The number of hydrogen-bond donors (Lipinski definition) is 0. The number of hydrogen-bond acceptors (Lipinski definition) is 5. The van der Waals surface area contributed by atoms with Crippen molar-refractivity contribution in [3.63, 3.8) is 0 Å². The average Bonchev–Trinajstić information content (AvgIpc) is 3.17. The van der Waals surface area contributed by atoms with Crippen LogP contribution in [0.2, 0.25) is 0 Å². The summed E-state index contributed by atoms with van der Waals surface area (Å²) in [6, 6.07) is 11.0. The van der Waals surface area contributed by atoms with E-state index in [1.54, 1.807) is 18.2 Å². The SMILES string of the molecule is Cc1ccc2c(c1)C(=O)CC1(CCN(C(=O)c3ccc4c(c3)OCO4)CC1)O2. The normalized spacial score (nSPS) is 19.3. The molecule has 2 aromatic rings. The Morgan fingerprint density at radius 3 is 2.57 bits per heavy atom. The molecule has 6 heteroatoms. The number of Topliss-reactive ketones (excluding diaryl/α,β-unsaturated/α-hetero) is 1. The van der Waals surface area contributed by atoms with Gasteiger partial charge < -0.3 is 19.1 Å². The van der Waals surface area contributed by atoms with Gasteiger partial charge in [-0.25, -0.2) is 0 Å². The van der Waals surface area contributed by atoms with Crippen LogP contribution >= 0.6 is 0 Å². The molecule has 144 valence electrons. The van der Waals surface area contributed by atoms with Crippen molar-refractivity contribution >= 4 is 11.7 Å². The van der Waals surface area contributed by atoms with E-state index in [2.05, 4.69) is 0 Å². The Kier molecular flexibility index (Phi) is 3.82. The summed E-state index contributed by atoms with van der Waals surface area (Å²) in [4.78, 5) is 27.4. The molecule has 3 aliphatic heterocycles. The predicted octanol–water partition coefficient (Wildman–Crippen LogP) is 3.36. The zero-order valence-corrected chi connectivity index (χ0v) is 15.7. The lowest BCUT2D eigenvalue weighted by Gasteiger charge is -2.44. The highest BCUT2D eigenvalue weighted by atomic mass is 16.7. The minimum atomic E-state index is -0.509. The van der Waals surface area contributed by atoms with Crippen molar-refractivity contribution in [2.45, 2.75) is 31.8 Å². The van der Waals surface area contributed by atoms with Crippen molar-refractivity contribution in [2.75, 3.05) is 19.9 Å². The first-order chi connectivity index (χ1) is 13.5. The van der Waals surface area contributed by atoms with E-state index in [1.165, 1.54) is 0 Å². The summed E-state index contributed by atoms with van der Waals surface area (Å²) in [7, 11) is 0. The van der Waals surface area contributed by atoms with Crippen LogP contribution in [0.3, 0.4) is 0 Å². The van der Waals surface area contributed by atoms with Gasteiger partial charge in [-0.3, -0.25) is 9.59 Å². The Morgan fingerprint density at radius 1 is 1.00 bits per heavy atom. The minimum absolute atomic E-state index is 0.0358. The van der Waals surface area contributed by atoms with Crippen LogP contribution in [0.25, 0.3) is 0 Å². The van der Waals surface area contributed by atoms with Crippen molar-refractivity contribution in [3.8, 4) is 17.2 Å². The molecule has 0 saturated carbocycles. The molecule has 0 aromatic heterocycles. The van der Waals surface area contributed by atoms with Gasteiger partial charge in [-0.15, -0.1) is 0 Å². The monoisotopic (exact) mass is 379 g/mol. The van der Waals surface area contributed by atoms with Crippen molar-refractivity contribution in [3.05, 3.63) is 53.1 Å². The molecule has 5 rings (SSSR count). The summed E-state index contributed by atoms with van der Waals surface area (Å²) in [6.45, 7) is 3.27. The smallest absolute Gasteiger partial charge is 0.253 e. The number of nitrogens with zero attached hydrogens (tertiary/aromatic N) is 1. The van der Waals surface area contributed by atoms with Crippen LogP contribution in [0.15, 0.2) is 36.4 Å². The van der Waals surface area contributed by atoms with Crippen LogP contribution < -0.4 is 14.2 Å². The number of benzene rings is 2. The van der Waals surface area contributed by atoms with Crippen LogP contribution in [0.1, 0.15) is 45.5 Å². The Bertz CT molecular complexity index is 975. The number of carbonyl (C=O) groups excluding carboxylic acids is 2. The second kappa shape index (κ2) is 6.26. The summed E-state index contributed by atoms with van der Waals surface area (Å²) in [5.41, 5.74) is 1.80. The Hall–Kier alpha value is -3.02. The van der Waals surface area contributed by atoms with Crippen LogP contribution in [-0.2, 0) is 0 Å². The molecule has 1 fully saturated rings. The van der Waals surface area contributed by atoms with Crippen molar-refractivity contribution in [1.29, 1.82) is 0 Å². The molecule has 0 radical (unpaired) electrons. The summed E-state index contributed by atoms with van der Waals surface area (Å²) in [5.74, 6) is 2.02. The van der Waals surface area contributed by atoms with Crippen LogP contribution in [0.5, 0.6) is 17.2 Å². The highest BCUT2D eigenvalue weighted by Crippen LogP contribution is 2.40. The van der Waals surface area contributed by atoms with E-state index in [9.17, 15) is 9.59 Å². The van der Waals surface area contributed by atoms with Gasteiger partial charge in [-0.05, 0) is 37.3 Å². The quantitative estimate of drug-likeness (QED) is 0.760. The number of likely N-dealkylation sites (tertiary alicyclic amines) is 1. The van der Waals surface area contributed by atoms with Crippen LogP contribution in [-0.4, -0.2) is 42.1 Å². The molecule has 0 aliphatic carbocycles. The van der Waals surface area contributed by atoms with Crippen LogP contribution in [0, 0.1) is 6.92 Å². The van der Waals surface area contributed by atoms with Gasteiger partial charge in [-0.2, -0.15) is 0 Å². The molecule has 2 aromatic carbocycles. The molecule has 6 nitrogen and oxygen atoms in total. The molecule has 0 N–H and O–H groups in total. The van der Waals surface area contributed by atoms with Gasteiger partial charge in [0.25, 0.3) is 5.91 Å². The zero-order chi connectivity index (χ0) is 19.3. The molecule has 1 spiro atoms. The molecule has 1 saturated heterocycles. The van der Waals surface area contributed by atoms with E-state index in [1.807, 2.05) is 30.0 Å². The third kappa shape index (κ3) is 2.80. The standard InChI is InChI=1S/C22H21NO5/c1-14-2-4-18-16(10-14)17(24)12-22(28-18)6-8-23(9-7-22)21(25)15-3-5-19-20(11-15)27-13-26-19/h2-5,10-11H,6-9,12-13H2,1H3. The van der Waals surface area contributed by atoms with Gasteiger partial charge in [0.2, 0.25) is 6.79 Å². The third-order valence-corrected chi connectivity index (χ3v) is 5.83. The number of amides is 1. The molecular weight excluding hydrogens is 358 g/mol. The van der Waals surface area contributed by atoms with Gasteiger partial charge in [0, 0.05) is 31.5 Å². The number of ether oxygens (including phenoxy) is 3. The average molecular weight is 379 g/mol. The lowest BCUT2D eigenvalue weighted by atomic mass is 9.82. The Labute approximate surface area is 163 Å². The Morgan fingerprint density at radius 2 is 1.75 bits per heavy atom. The van der Waals surface area contributed by atoms with E-state index >= 15 is 0 Å². The van der Waals surface area contributed by atoms with Gasteiger partial charge in [0.1, 0.15) is 11.4 Å². The molecule has 0 bridgehead atoms. The molecule has 3 heterocycles. The Balaban J connectivity index is 1.30. The maximum absolute atomic E-state index is 12.9. The second-order valence-corrected chi connectivity index (χ2v) is 7.74. The molecule has 3 aliphatic rings. The molecule has 28 heavy (non-hydrogen) atoms. The number of carbonyl (C=O) groups is 2. The first-order valence-electron chi connectivity index (χ1n) is 9.55. The maximum Gasteiger partial charge on any atom is 0.253 e. The summed E-state index contributed by atoms with van der Waals surface area (Å²) >= 11 is 0. The lowest BCUT2D eigenvalue weighted by Crippen LogP contribution is -2.52. The molecule has 1 amide bonds. The van der Waals surface area contributed by atoms with Crippen molar-refractivity contribution in [1.82, 2.24) is 4.90 Å². The van der Waals surface area contributed by atoms with E-state index in [0.29, 0.717) is 60.7 Å². The highest BCUT2D eigenvalue weighted by Gasteiger charge is 2.43. The van der Waals surface area contributed by atoms with E-state index < -0.39 is 5.60 Å². The van der Waals surface area contributed by atoms with Gasteiger partial charge in [0.05, 0.1) is 12.0 Å². The minimum Gasteiger partial charge on any atom is -0.486 e. The second-order valence-electron chi connectivity index (χ2n) is 7.74. The zero-order valence-electron chi connectivity index (χ0n) is 15.7. The van der Waals surface area contributed by atoms with Crippen LogP contribution in [0.4, 0.5) is 0 Å². The van der Waals surface area contributed by atoms with E-state index in [0.717, 1.165) is 5.56 Å². The fraction of sp³-hybridized carbons (Fsp3) is 0.364. The lowest BCUT2D eigenvalue weighted by molar-refractivity contribution is -0.00573. The van der Waals surface area contributed by atoms with Crippen molar-refractivity contribution in [2.24, 2.45) is 0 Å². The topological polar surface area (TPSA) is 65.1 Å². The fourth-order valence-corrected chi connectivity index (χ4v) is 4.22. The van der Waals surface area contributed by atoms with E-state index in [-0.39, 0.29) is 18.5 Å². The maximum atomic E-state index is 12.9. The van der Waals surface area contributed by atoms with Gasteiger partial charge in [0.15, 0.2) is 17.3 Å². The predicted molar refractivity (Wildman–Crippen MR) is 101 cm³/mol. The number of piperidine rings is 1. The molecule has 0 atom stereocenters. The number of ketones is 1. The van der Waals surface area contributed by atoms with Crippen molar-refractivity contribution < 1.29 is 23.8 Å². The summed E-state index contributed by atoms with van der Waals surface area (Å²) in [5, 5.41) is 0. The molecule has 0 unspecified atom stereocenters. The largest absolute Gasteiger partial charge is 0.486 e. The van der Waals surface area contributed by atoms with Gasteiger partial charge in [-0.1, -0.05) is 11.6 Å². The third-order valence-electron chi connectivity index (χ3n) is 5.83. The van der Waals surface area contributed by atoms with Gasteiger partial charge >= 0.3 is 0 Å². The summed E-state index contributed by atoms with van der Waals surface area (Å²) in [6.07, 6.45) is 1.65. The number of rotatable bonds is 1. The first-order valence-corrected chi connectivity index (χ1v) is 9.55. The number of aryl methyl sites for hydroxylation is 1. The highest BCUT2D eigenvalue weighted by molar-refractivity contribution is 6.00. The number of fused-ring (bicyclic) bond motifs is 2. The van der Waals surface area contributed by atoms with E-state index in [4.69, 9.17) is 14.2 Å². The molecular formula is C22H21NO5. The summed E-state index contributed by atoms with van der Waals surface area (Å²) < 4.78 is 17.0. The fourth-order valence-electron chi connectivity index (χ4n) is 4.22. The first kappa shape index (κ1) is 17.1.